The zero-order valence-electron chi connectivity index (χ0n) is 14.1. The number of nitrogens with one attached hydrogen (secondary N) is 1. The summed E-state index contributed by atoms with van der Waals surface area (Å²) in [6.45, 7) is 1.87. The summed E-state index contributed by atoms with van der Waals surface area (Å²) in [5.41, 5.74) is 2.40. The van der Waals surface area contributed by atoms with E-state index in [2.05, 4.69) is 10.5 Å². The van der Waals surface area contributed by atoms with E-state index in [1.165, 1.54) is 26.1 Å². The van der Waals surface area contributed by atoms with Gasteiger partial charge in [0.05, 0.1) is 22.1 Å². The lowest BCUT2D eigenvalue weighted by atomic mass is 10.2. The molecule has 27 heavy (non-hydrogen) atoms. The first-order valence-electron chi connectivity index (χ1n) is 7.45. The van der Waals surface area contributed by atoms with Gasteiger partial charge in [0.25, 0.3) is 5.69 Å². The molecule has 9 nitrogen and oxygen atoms in total. The number of rotatable bonds is 6. The van der Waals surface area contributed by atoms with E-state index < -0.39 is 33.9 Å². The molecule has 0 amide bonds. The number of nitrogens with zero attached hydrogens (tertiary/aromatic N) is 4. The Bertz CT molecular complexity index is 921. The topological polar surface area (TPSA) is 116 Å². The minimum atomic E-state index is -4.37. The van der Waals surface area contributed by atoms with Crippen molar-refractivity contribution < 1.29 is 23.0 Å². The fraction of sp³-hybridized carbons (Fsp3) is 0.267. The largest absolute Gasteiger partial charge is 0.406 e. The van der Waals surface area contributed by atoms with E-state index in [0.717, 1.165) is 22.8 Å². The molecule has 0 aliphatic heterocycles. The molecule has 2 rings (SSSR count). The van der Waals surface area contributed by atoms with Gasteiger partial charge in [-0.15, -0.1) is 0 Å². The number of alkyl halides is 3. The van der Waals surface area contributed by atoms with Gasteiger partial charge in [0.1, 0.15) is 12.2 Å². The van der Waals surface area contributed by atoms with Gasteiger partial charge in [-0.3, -0.25) is 25.7 Å². The van der Waals surface area contributed by atoms with Crippen molar-refractivity contribution in [3.05, 3.63) is 61.4 Å². The highest BCUT2D eigenvalue weighted by atomic mass is 19.4. The molecule has 1 aromatic carbocycles. The molecule has 0 bridgehead atoms. The number of hydrazone groups is 1. The fourth-order valence-corrected chi connectivity index (χ4v) is 2.43. The monoisotopic (exact) mass is 385 g/mol. The van der Waals surface area contributed by atoms with Crippen molar-refractivity contribution in [1.29, 1.82) is 0 Å². The van der Waals surface area contributed by atoms with E-state index in [1.807, 2.05) is 0 Å². The predicted molar refractivity (Wildman–Crippen MR) is 90.9 cm³/mol. The smallest absolute Gasteiger partial charge is 0.339 e. The number of aromatic nitrogens is 1. The molecule has 1 aromatic heterocycles. The van der Waals surface area contributed by atoms with Gasteiger partial charge in [-0.05, 0) is 26.0 Å². The fourth-order valence-electron chi connectivity index (χ4n) is 2.43. The van der Waals surface area contributed by atoms with Gasteiger partial charge in [-0.2, -0.15) is 18.3 Å². The molecular weight excluding hydrogens is 371 g/mol. The lowest BCUT2D eigenvalue weighted by Crippen LogP contribution is -2.19. The van der Waals surface area contributed by atoms with Crippen LogP contribution in [0.1, 0.15) is 17.0 Å². The van der Waals surface area contributed by atoms with E-state index >= 15 is 0 Å². The molecule has 1 N–H and O–H groups in total. The number of aryl methyl sites for hydroxylation is 1. The highest BCUT2D eigenvalue weighted by Gasteiger charge is 2.29. The van der Waals surface area contributed by atoms with Crippen molar-refractivity contribution in [2.45, 2.75) is 26.6 Å². The van der Waals surface area contributed by atoms with Gasteiger partial charge >= 0.3 is 11.9 Å². The summed E-state index contributed by atoms with van der Waals surface area (Å²) < 4.78 is 38.9. The molecule has 144 valence electrons. The Hall–Kier alpha value is -3.44. The van der Waals surface area contributed by atoms with Crippen molar-refractivity contribution in [3.63, 3.8) is 0 Å². The minimum Gasteiger partial charge on any atom is -0.339 e. The number of hydrogen-bond donors (Lipinski definition) is 1. The Labute approximate surface area is 150 Å². The first-order chi connectivity index (χ1) is 12.5. The van der Waals surface area contributed by atoms with Crippen LogP contribution in [0.25, 0.3) is 0 Å². The molecule has 0 aliphatic rings. The van der Waals surface area contributed by atoms with Crippen molar-refractivity contribution in [2.24, 2.45) is 5.10 Å². The highest BCUT2D eigenvalue weighted by molar-refractivity contribution is 5.82. The van der Waals surface area contributed by atoms with Crippen LogP contribution in [-0.4, -0.2) is 26.8 Å². The van der Waals surface area contributed by atoms with Crippen molar-refractivity contribution in [1.82, 2.24) is 4.57 Å². The molecule has 12 heteroatoms. The summed E-state index contributed by atoms with van der Waals surface area (Å²) in [5, 5.41) is 25.6. The SMILES string of the molecule is Cc1cc(C=NNc2ccc([N+](=O)[O-])cc2[N+](=O)[O-])c(C)n1CC(F)(F)F. The average molecular weight is 385 g/mol. The van der Waals surface area contributed by atoms with Crippen molar-refractivity contribution in [3.8, 4) is 0 Å². The summed E-state index contributed by atoms with van der Waals surface area (Å²) >= 11 is 0. The van der Waals surface area contributed by atoms with Crippen LogP contribution in [0.5, 0.6) is 0 Å². The van der Waals surface area contributed by atoms with Crippen LogP contribution in [0, 0.1) is 34.1 Å². The zero-order valence-corrected chi connectivity index (χ0v) is 14.1. The third-order valence-electron chi connectivity index (χ3n) is 3.73. The molecule has 0 aliphatic carbocycles. The Morgan fingerprint density at radius 3 is 2.41 bits per heavy atom. The second-order valence-corrected chi connectivity index (χ2v) is 5.61. The van der Waals surface area contributed by atoms with E-state index in [9.17, 15) is 33.4 Å². The molecule has 0 spiro atoms. The molecule has 0 unspecified atom stereocenters. The van der Waals surface area contributed by atoms with Crippen LogP contribution in [0.15, 0.2) is 29.4 Å². The lowest BCUT2D eigenvalue weighted by molar-refractivity contribution is -0.393. The third-order valence-corrected chi connectivity index (χ3v) is 3.73. The Morgan fingerprint density at radius 1 is 1.19 bits per heavy atom. The molecule has 1 heterocycles. The van der Waals surface area contributed by atoms with E-state index in [1.54, 1.807) is 0 Å². The van der Waals surface area contributed by atoms with Gasteiger partial charge in [-0.25, -0.2) is 0 Å². The first-order valence-corrected chi connectivity index (χ1v) is 7.45. The first kappa shape index (κ1) is 19.9. The van der Waals surface area contributed by atoms with Crippen LogP contribution in [0.4, 0.5) is 30.2 Å². The summed E-state index contributed by atoms with van der Waals surface area (Å²) in [6, 6.07) is 4.48. The van der Waals surface area contributed by atoms with E-state index in [4.69, 9.17) is 0 Å². The Balaban J connectivity index is 2.25. The predicted octanol–water partition coefficient (Wildman–Crippen LogP) is 3.93. The van der Waals surface area contributed by atoms with Crippen molar-refractivity contribution >= 4 is 23.3 Å². The molecule has 0 saturated heterocycles. The number of nitro groups is 2. The summed E-state index contributed by atoms with van der Waals surface area (Å²) in [7, 11) is 0. The van der Waals surface area contributed by atoms with Gasteiger partial charge < -0.3 is 4.57 Å². The number of hydrogen-bond acceptors (Lipinski definition) is 6. The van der Waals surface area contributed by atoms with Crippen molar-refractivity contribution in [2.75, 3.05) is 5.43 Å². The molecule has 0 fully saturated rings. The summed E-state index contributed by atoms with van der Waals surface area (Å²) in [6.07, 6.45) is -3.15. The molecule has 0 atom stereocenters. The van der Waals surface area contributed by atoms with Gasteiger partial charge in [0.15, 0.2) is 0 Å². The zero-order chi connectivity index (χ0) is 20.4. The second kappa shape index (κ2) is 7.43. The quantitative estimate of drug-likeness (QED) is 0.459. The summed E-state index contributed by atoms with van der Waals surface area (Å²) in [4.78, 5) is 20.2. The maximum absolute atomic E-state index is 12.6. The number of non-ortho nitro benzene ring substituents is 1. The maximum Gasteiger partial charge on any atom is 0.406 e. The van der Waals surface area contributed by atoms with E-state index in [-0.39, 0.29) is 5.69 Å². The maximum atomic E-state index is 12.6. The van der Waals surface area contributed by atoms with Crippen LogP contribution in [0.2, 0.25) is 0 Å². The van der Waals surface area contributed by atoms with Crippen LogP contribution >= 0.6 is 0 Å². The number of halogens is 3. The van der Waals surface area contributed by atoms with Gasteiger partial charge in [0, 0.05) is 23.0 Å². The highest BCUT2D eigenvalue weighted by Crippen LogP contribution is 2.29. The number of benzene rings is 1. The molecule has 2 aromatic rings. The Kier molecular flexibility index (Phi) is 5.47. The number of nitro benzene ring substituents is 2. The average Bonchev–Trinajstić information content (AvgIpc) is 2.81. The standard InChI is InChI=1S/C15H14F3N5O4/c1-9-5-11(10(2)21(9)8-15(16,17)18)7-19-20-13-4-3-12(22(24)25)6-14(13)23(26)27/h3-7,20H,8H2,1-2H3. The summed E-state index contributed by atoms with van der Waals surface area (Å²) in [5.74, 6) is 0. The van der Waals surface area contributed by atoms with E-state index in [0.29, 0.717) is 17.0 Å². The lowest BCUT2D eigenvalue weighted by Gasteiger charge is -2.12. The molecule has 0 saturated carbocycles. The second-order valence-electron chi connectivity index (χ2n) is 5.61. The normalized spacial score (nSPS) is 11.7. The van der Waals surface area contributed by atoms with Gasteiger partial charge in [0.2, 0.25) is 0 Å². The Morgan fingerprint density at radius 2 is 1.85 bits per heavy atom. The van der Waals surface area contributed by atoms with Gasteiger partial charge in [-0.1, -0.05) is 0 Å². The van der Waals surface area contributed by atoms with Crippen LogP contribution < -0.4 is 5.43 Å². The molecular formula is C15H14F3N5O4. The minimum absolute atomic E-state index is 0.0917. The number of anilines is 1. The van der Waals surface area contributed by atoms with Crippen LogP contribution in [0.3, 0.4) is 0 Å². The van der Waals surface area contributed by atoms with Crippen LogP contribution in [-0.2, 0) is 6.54 Å². The third kappa shape index (κ3) is 4.80. The molecule has 0 radical (unpaired) electrons.